The molecular weight excluding hydrogens is 428 g/mol. The maximum atomic E-state index is 12.3. The molecule has 0 unspecified atom stereocenters. The van der Waals surface area contributed by atoms with Crippen LogP contribution < -0.4 is 5.32 Å². The standard InChI is InChI=1S/C20H20N2O6S2/c1-3-27-19(24)14-7-5-6-8-15(14)21-18(23)12-29-20-22-16-11-13(30(25,26)4-2)9-10-17(16)28-20/h5-11H,3-4,12H2,1-2H3,(H,21,23). The van der Waals surface area contributed by atoms with Crippen molar-refractivity contribution in [3.8, 4) is 0 Å². The second-order valence-corrected chi connectivity index (χ2v) is 9.32. The lowest BCUT2D eigenvalue weighted by Gasteiger charge is -2.09. The van der Waals surface area contributed by atoms with Crippen LogP contribution in [0.25, 0.3) is 11.1 Å². The molecule has 3 aromatic rings. The number of benzene rings is 2. The van der Waals surface area contributed by atoms with E-state index in [4.69, 9.17) is 9.15 Å². The van der Waals surface area contributed by atoms with Gasteiger partial charge in [-0.2, -0.15) is 0 Å². The van der Waals surface area contributed by atoms with E-state index in [1.54, 1.807) is 44.2 Å². The summed E-state index contributed by atoms with van der Waals surface area (Å²) >= 11 is 1.06. The Morgan fingerprint density at radius 2 is 1.93 bits per heavy atom. The number of amides is 1. The largest absolute Gasteiger partial charge is 0.462 e. The van der Waals surface area contributed by atoms with Crippen molar-refractivity contribution in [1.29, 1.82) is 0 Å². The van der Waals surface area contributed by atoms with Crippen molar-refractivity contribution >= 4 is 50.3 Å². The van der Waals surface area contributed by atoms with Crippen molar-refractivity contribution in [2.75, 3.05) is 23.4 Å². The number of carbonyl (C=O) groups excluding carboxylic acids is 2. The summed E-state index contributed by atoms with van der Waals surface area (Å²) in [5.41, 5.74) is 1.46. The zero-order chi connectivity index (χ0) is 21.7. The number of hydrogen-bond donors (Lipinski definition) is 1. The number of oxazole rings is 1. The van der Waals surface area contributed by atoms with Crippen molar-refractivity contribution in [3.63, 3.8) is 0 Å². The second-order valence-electron chi connectivity index (χ2n) is 6.12. The van der Waals surface area contributed by atoms with E-state index in [1.807, 2.05) is 0 Å². The molecule has 1 heterocycles. The minimum atomic E-state index is -3.35. The van der Waals surface area contributed by atoms with Gasteiger partial charge in [-0.1, -0.05) is 30.8 Å². The predicted octanol–water partition coefficient (Wildman–Crippen LogP) is 3.53. The lowest BCUT2D eigenvalue weighted by molar-refractivity contribution is -0.113. The maximum Gasteiger partial charge on any atom is 0.340 e. The molecule has 1 N–H and O–H groups in total. The maximum absolute atomic E-state index is 12.3. The number of rotatable bonds is 8. The minimum absolute atomic E-state index is 0.00852. The van der Waals surface area contributed by atoms with Crippen LogP contribution in [0, 0.1) is 0 Å². The highest BCUT2D eigenvalue weighted by molar-refractivity contribution is 7.99. The predicted molar refractivity (Wildman–Crippen MR) is 113 cm³/mol. The van der Waals surface area contributed by atoms with Gasteiger partial charge in [0, 0.05) is 0 Å². The fraction of sp³-hybridized carbons (Fsp3) is 0.250. The molecule has 1 amide bonds. The third kappa shape index (κ3) is 5.00. The summed E-state index contributed by atoms with van der Waals surface area (Å²) in [6.07, 6.45) is 0. The van der Waals surface area contributed by atoms with E-state index in [1.165, 1.54) is 12.1 Å². The van der Waals surface area contributed by atoms with Crippen LogP contribution in [0.15, 0.2) is 57.0 Å². The molecule has 0 aliphatic carbocycles. The van der Waals surface area contributed by atoms with Crippen LogP contribution in [0.5, 0.6) is 0 Å². The molecule has 3 rings (SSSR count). The molecule has 0 fully saturated rings. The first-order chi connectivity index (χ1) is 14.3. The number of ether oxygens (including phenoxy) is 1. The number of aromatic nitrogens is 1. The van der Waals surface area contributed by atoms with Crippen LogP contribution in [-0.2, 0) is 19.4 Å². The fourth-order valence-corrected chi connectivity index (χ4v) is 4.14. The highest BCUT2D eigenvalue weighted by Crippen LogP contribution is 2.26. The first-order valence-electron chi connectivity index (χ1n) is 9.16. The first kappa shape index (κ1) is 21.8. The summed E-state index contributed by atoms with van der Waals surface area (Å²) in [7, 11) is -3.35. The van der Waals surface area contributed by atoms with E-state index in [9.17, 15) is 18.0 Å². The Hall–Kier alpha value is -2.85. The van der Waals surface area contributed by atoms with Crippen LogP contribution in [0.4, 0.5) is 5.69 Å². The van der Waals surface area contributed by atoms with Crippen molar-refractivity contribution < 1.29 is 27.2 Å². The quantitative estimate of drug-likeness (QED) is 0.411. The summed E-state index contributed by atoms with van der Waals surface area (Å²) < 4.78 is 34.6. The topological polar surface area (TPSA) is 116 Å². The average molecular weight is 449 g/mol. The summed E-state index contributed by atoms with van der Waals surface area (Å²) in [4.78, 5) is 28.7. The van der Waals surface area contributed by atoms with Crippen molar-refractivity contribution in [2.45, 2.75) is 24.0 Å². The average Bonchev–Trinajstić information content (AvgIpc) is 3.15. The van der Waals surface area contributed by atoms with Crippen LogP contribution in [-0.4, -0.2) is 43.4 Å². The molecule has 8 nitrogen and oxygen atoms in total. The van der Waals surface area contributed by atoms with Gasteiger partial charge in [-0.3, -0.25) is 4.79 Å². The van der Waals surface area contributed by atoms with Crippen LogP contribution in [0.2, 0.25) is 0 Å². The number of esters is 1. The van der Waals surface area contributed by atoms with E-state index in [2.05, 4.69) is 10.3 Å². The Kier molecular flexibility index (Phi) is 6.78. The fourth-order valence-electron chi connectivity index (χ4n) is 2.60. The Balaban J connectivity index is 1.68. The number of anilines is 1. The van der Waals surface area contributed by atoms with E-state index >= 15 is 0 Å². The van der Waals surface area contributed by atoms with Crippen molar-refractivity contribution in [2.24, 2.45) is 0 Å². The zero-order valence-corrected chi connectivity index (χ0v) is 18.0. The highest BCUT2D eigenvalue weighted by atomic mass is 32.2. The molecule has 1 aromatic heterocycles. The van der Waals surface area contributed by atoms with Crippen molar-refractivity contribution in [3.05, 3.63) is 48.0 Å². The Morgan fingerprint density at radius 1 is 1.17 bits per heavy atom. The molecule has 0 radical (unpaired) electrons. The number of hydrogen-bond acceptors (Lipinski definition) is 8. The van der Waals surface area contributed by atoms with E-state index < -0.39 is 15.8 Å². The molecule has 0 bridgehead atoms. The smallest absolute Gasteiger partial charge is 0.340 e. The number of thioether (sulfide) groups is 1. The summed E-state index contributed by atoms with van der Waals surface area (Å²) in [5, 5.41) is 2.92. The van der Waals surface area contributed by atoms with Gasteiger partial charge in [0.1, 0.15) is 5.52 Å². The number of nitrogens with zero attached hydrogens (tertiary/aromatic N) is 1. The molecule has 0 saturated heterocycles. The Labute approximate surface area is 177 Å². The number of fused-ring (bicyclic) bond motifs is 1. The Bertz CT molecular complexity index is 1190. The molecular formula is C20H20N2O6S2. The molecule has 0 aliphatic rings. The third-order valence-electron chi connectivity index (χ3n) is 4.10. The zero-order valence-electron chi connectivity index (χ0n) is 16.4. The Morgan fingerprint density at radius 3 is 2.67 bits per heavy atom. The van der Waals surface area contributed by atoms with Gasteiger partial charge >= 0.3 is 5.97 Å². The monoisotopic (exact) mass is 448 g/mol. The summed E-state index contributed by atoms with van der Waals surface area (Å²) in [6.45, 7) is 3.51. The molecule has 2 aromatic carbocycles. The number of para-hydroxylation sites is 1. The summed E-state index contributed by atoms with van der Waals surface area (Å²) in [6, 6.07) is 11.0. The van der Waals surface area contributed by atoms with Gasteiger partial charge in [0.2, 0.25) is 5.91 Å². The molecule has 10 heteroatoms. The SMILES string of the molecule is CCOC(=O)c1ccccc1NC(=O)CSc1nc2cc(S(=O)(=O)CC)ccc2o1. The van der Waals surface area contributed by atoms with Gasteiger partial charge < -0.3 is 14.5 Å². The van der Waals surface area contributed by atoms with Crippen molar-refractivity contribution in [1.82, 2.24) is 4.98 Å². The minimum Gasteiger partial charge on any atom is -0.462 e. The first-order valence-corrected chi connectivity index (χ1v) is 11.8. The molecule has 0 atom stereocenters. The van der Waals surface area contributed by atoms with E-state index in [-0.39, 0.29) is 39.7 Å². The van der Waals surface area contributed by atoms with Crippen LogP contribution in [0.1, 0.15) is 24.2 Å². The van der Waals surface area contributed by atoms with Gasteiger partial charge in [0.25, 0.3) is 5.22 Å². The van der Waals surface area contributed by atoms with Gasteiger partial charge in [-0.15, -0.1) is 0 Å². The number of sulfone groups is 1. The van der Waals surface area contributed by atoms with Gasteiger partial charge in [0.15, 0.2) is 15.4 Å². The van der Waals surface area contributed by atoms with Gasteiger partial charge in [0.05, 0.1) is 34.3 Å². The lowest BCUT2D eigenvalue weighted by Crippen LogP contribution is -2.17. The molecule has 0 spiro atoms. The van der Waals surface area contributed by atoms with E-state index in [0.717, 1.165) is 11.8 Å². The molecule has 158 valence electrons. The highest BCUT2D eigenvalue weighted by Gasteiger charge is 2.17. The third-order valence-corrected chi connectivity index (χ3v) is 6.66. The molecule has 30 heavy (non-hydrogen) atoms. The van der Waals surface area contributed by atoms with Gasteiger partial charge in [-0.05, 0) is 37.3 Å². The van der Waals surface area contributed by atoms with Gasteiger partial charge in [-0.25, -0.2) is 18.2 Å². The van der Waals surface area contributed by atoms with Crippen LogP contribution >= 0.6 is 11.8 Å². The number of nitrogens with one attached hydrogen (secondary N) is 1. The summed E-state index contributed by atoms with van der Waals surface area (Å²) in [5.74, 6) is -0.888. The van der Waals surface area contributed by atoms with Crippen LogP contribution in [0.3, 0.4) is 0 Å². The lowest BCUT2D eigenvalue weighted by atomic mass is 10.2. The normalized spacial score (nSPS) is 11.4. The molecule has 0 saturated carbocycles. The second kappa shape index (κ2) is 9.31. The van der Waals surface area contributed by atoms with E-state index in [0.29, 0.717) is 16.8 Å². The molecule has 0 aliphatic heterocycles. The number of carbonyl (C=O) groups is 2.